The Balaban J connectivity index is 1.89. The van der Waals surface area contributed by atoms with E-state index < -0.39 is 0 Å². The maximum atomic E-state index is 11.7. The Labute approximate surface area is 182 Å². The van der Waals surface area contributed by atoms with Gasteiger partial charge in [-0.2, -0.15) is 4.73 Å². The van der Waals surface area contributed by atoms with Gasteiger partial charge < -0.3 is 20.6 Å². The summed E-state index contributed by atoms with van der Waals surface area (Å²) in [4.78, 5) is 27.3. The molecule has 0 radical (unpaired) electrons. The lowest BCUT2D eigenvalue weighted by Crippen LogP contribution is -2.29. The molecule has 0 saturated heterocycles. The number of nitrogen functional groups attached to an aromatic ring is 1. The van der Waals surface area contributed by atoms with Crippen LogP contribution < -0.4 is 15.9 Å². The molecular weight excluding hydrogens is 394 g/mol. The van der Waals surface area contributed by atoms with Crippen molar-refractivity contribution in [3.8, 4) is 0 Å². The molecule has 8 heteroatoms. The van der Waals surface area contributed by atoms with Crippen LogP contribution in [0.2, 0.25) is 0 Å². The van der Waals surface area contributed by atoms with Gasteiger partial charge in [-0.3, -0.25) is 4.79 Å². The average Bonchev–Trinajstić information content (AvgIpc) is 3.13. The zero-order chi connectivity index (χ0) is 22.4. The summed E-state index contributed by atoms with van der Waals surface area (Å²) in [5.74, 6) is 0.892. The number of para-hydroxylation sites is 1. The first-order valence-corrected chi connectivity index (χ1v) is 10.7. The second kappa shape index (κ2) is 10.3. The molecule has 3 rings (SSSR count). The highest BCUT2D eigenvalue weighted by Gasteiger charge is 2.21. The molecule has 2 heterocycles. The number of aromatic nitrogens is 3. The number of hydrogen-bond donors (Lipinski definition) is 2. The number of carbonyl (C=O) groups excluding carboxylic acids is 1. The molecule has 0 aliphatic carbocycles. The van der Waals surface area contributed by atoms with Crippen LogP contribution in [-0.2, 0) is 16.1 Å². The minimum atomic E-state index is -0.122. The molecule has 2 aromatic heterocycles. The number of imidazole rings is 1. The SMILES string of the molecule is C=C(C)C(=O)NCCCC(CC)On1c(COCC)nc2c(N)nc3ccccc3c21. The maximum absolute atomic E-state index is 11.7. The Morgan fingerprint density at radius 3 is 2.77 bits per heavy atom. The van der Waals surface area contributed by atoms with Gasteiger partial charge in [0.05, 0.1) is 5.52 Å². The number of amides is 1. The van der Waals surface area contributed by atoms with E-state index in [0.29, 0.717) is 42.5 Å². The lowest BCUT2D eigenvalue weighted by molar-refractivity contribution is -0.117. The lowest BCUT2D eigenvalue weighted by Gasteiger charge is -2.20. The topological polar surface area (TPSA) is 104 Å². The van der Waals surface area contributed by atoms with Gasteiger partial charge in [-0.05, 0) is 39.2 Å². The van der Waals surface area contributed by atoms with Crippen LogP contribution in [0.4, 0.5) is 5.82 Å². The molecule has 1 amide bonds. The van der Waals surface area contributed by atoms with E-state index in [4.69, 9.17) is 15.3 Å². The van der Waals surface area contributed by atoms with Gasteiger partial charge in [-0.25, -0.2) is 9.97 Å². The summed E-state index contributed by atoms with van der Waals surface area (Å²) < 4.78 is 7.38. The Bertz CT molecular complexity index is 1080. The predicted molar refractivity (Wildman–Crippen MR) is 122 cm³/mol. The molecule has 1 atom stereocenters. The molecular formula is C23H31N5O3. The van der Waals surface area contributed by atoms with Crippen LogP contribution in [0.3, 0.4) is 0 Å². The van der Waals surface area contributed by atoms with Crippen molar-refractivity contribution in [1.29, 1.82) is 0 Å². The number of nitrogens with two attached hydrogens (primary N) is 1. The molecule has 3 aromatic rings. The van der Waals surface area contributed by atoms with Crippen LogP contribution in [0.25, 0.3) is 21.9 Å². The fourth-order valence-electron chi connectivity index (χ4n) is 3.38. The van der Waals surface area contributed by atoms with Gasteiger partial charge in [0.2, 0.25) is 5.91 Å². The summed E-state index contributed by atoms with van der Waals surface area (Å²) in [5, 5.41) is 3.78. The third-order valence-electron chi connectivity index (χ3n) is 5.07. The van der Waals surface area contributed by atoms with E-state index >= 15 is 0 Å². The minimum Gasteiger partial charge on any atom is -0.409 e. The number of nitrogens with zero attached hydrogens (tertiary/aromatic N) is 3. The molecule has 166 valence electrons. The molecule has 3 N–H and O–H groups in total. The Hall–Kier alpha value is -3.13. The predicted octanol–water partition coefficient (Wildman–Crippen LogP) is 3.38. The summed E-state index contributed by atoms with van der Waals surface area (Å²) in [7, 11) is 0. The van der Waals surface area contributed by atoms with Crippen LogP contribution in [0.15, 0.2) is 36.4 Å². The van der Waals surface area contributed by atoms with Crippen molar-refractivity contribution < 1.29 is 14.4 Å². The molecule has 0 spiro atoms. The van der Waals surface area contributed by atoms with Gasteiger partial charge in [0.1, 0.15) is 23.7 Å². The van der Waals surface area contributed by atoms with Crippen molar-refractivity contribution >= 4 is 33.7 Å². The fourth-order valence-corrected chi connectivity index (χ4v) is 3.38. The number of ether oxygens (including phenoxy) is 1. The van der Waals surface area contributed by atoms with E-state index in [2.05, 4.69) is 28.8 Å². The van der Waals surface area contributed by atoms with Crippen LogP contribution in [0.5, 0.6) is 0 Å². The third-order valence-corrected chi connectivity index (χ3v) is 5.07. The molecule has 8 nitrogen and oxygen atoms in total. The normalized spacial score (nSPS) is 12.2. The number of pyridine rings is 1. The Morgan fingerprint density at radius 2 is 2.06 bits per heavy atom. The highest BCUT2D eigenvalue weighted by molar-refractivity contribution is 6.06. The highest BCUT2D eigenvalue weighted by Crippen LogP contribution is 2.29. The summed E-state index contributed by atoms with van der Waals surface area (Å²) >= 11 is 0. The third kappa shape index (κ3) is 5.14. The zero-order valence-electron chi connectivity index (χ0n) is 18.5. The van der Waals surface area contributed by atoms with Crippen LogP contribution in [-0.4, -0.2) is 39.9 Å². The molecule has 0 fully saturated rings. The number of hydrogen-bond acceptors (Lipinski definition) is 6. The minimum absolute atomic E-state index is 0.0624. The number of fused-ring (bicyclic) bond motifs is 3. The van der Waals surface area contributed by atoms with Crippen molar-refractivity contribution in [3.63, 3.8) is 0 Å². The first-order chi connectivity index (χ1) is 15.0. The van der Waals surface area contributed by atoms with E-state index in [1.807, 2.05) is 31.2 Å². The van der Waals surface area contributed by atoms with Gasteiger partial charge in [0.25, 0.3) is 0 Å². The Kier molecular flexibility index (Phi) is 7.46. The van der Waals surface area contributed by atoms with Crippen molar-refractivity contribution in [1.82, 2.24) is 20.0 Å². The molecule has 0 saturated carbocycles. The maximum Gasteiger partial charge on any atom is 0.246 e. The second-order valence-electron chi connectivity index (χ2n) is 7.49. The standard InChI is InChI=1S/C23H31N5O3/c1-5-16(10-9-13-25-23(29)15(3)4)31-28-19(14-30-6-2)27-20-21(28)17-11-7-8-12-18(17)26-22(20)24/h7-8,11-12,16H,3,5-6,9-10,13-14H2,1-2,4H3,(H2,24,26)(H,25,29). The van der Waals surface area contributed by atoms with E-state index in [9.17, 15) is 4.79 Å². The molecule has 0 aliphatic rings. The van der Waals surface area contributed by atoms with Gasteiger partial charge >= 0.3 is 0 Å². The highest BCUT2D eigenvalue weighted by atomic mass is 16.7. The monoisotopic (exact) mass is 425 g/mol. The van der Waals surface area contributed by atoms with Crippen molar-refractivity contribution in [3.05, 3.63) is 42.2 Å². The molecule has 1 aromatic carbocycles. The van der Waals surface area contributed by atoms with Gasteiger partial charge in [0.15, 0.2) is 11.6 Å². The quantitative estimate of drug-likeness (QED) is 0.360. The largest absolute Gasteiger partial charge is 0.409 e. The summed E-state index contributed by atoms with van der Waals surface area (Å²) in [6.45, 7) is 10.8. The second-order valence-corrected chi connectivity index (χ2v) is 7.49. The molecule has 0 bridgehead atoms. The molecule has 1 unspecified atom stereocenters. The molecule has 0 aliphatic heterocycles. The fraction of sp³-hybridized carbons (Fsp3) is 0.435. The van der Waals surface area contributed by atoms with Crippen molar-refractivity contribution in [2.75, 3.05) is 18.9 Å². The zero-order valence-corrected chi connectivity index (χ0v) is 18.5. The number of nitrogens with one attached hydrogen (secondary N) is 1. The van der Waals surface area contributed by atoms with E-state index in [1.54, 1.807) is 11.7 Å². The Morgan fingerprint density at radius 1 is 1.29 bits per heavy atom. The summed E-state index contributed by atoms with van der Waals surface area (Å²) in [6.07, 6.45) is 2.31. The van der Waals surface area contributed by atoms with Gasteiger partial charge in [0, 0.05) is 24.1 Å². The van der Waals surface area contributed by atoms with Crippen LogP contribution in [0.1, 0.15) is 45.9 Å². The average molecular weight is 426 g/mol. The van der Waals surface area contributed by atoms with Crippen LogP contribution >= 0.6 is 0 Å². The first-order valence-electron chi connectivity index (χ1n) is 10.7. The van der Waals surface area contributed by atoms with Crippen molar-refractivity contribution in [2.45, 2.75) is 52.7 Å². The number of benzene rings is 1. The number of anilines is 1. The number of carbonyl (C=O) groups is 1. The van der Waals surface area contributed by atoms with Crippen LogP contribution in [0, 0.1) is 0 Å². The van der Waals surface area contributed by atoms with Crippen molar-refractivity contribution in [2.24, 2.45) is 0 Å². The van der Waals surface area contributed by atoms with E-state index in [0.717, 1.165) is 35.7 Å². The first kappa shape index (κ1) is 22.6. The smallest absolute Gasteiger partial charge is 0.246 e. The van der Waals surface area contributed by atoms with Gasteiger partial charge in [-0.15, -0.1) is 0 Å². The summed E-state index contributed by atoms with van der Waals surface area (Å²) in [6, 6.07) is 7.80. The van der Waals surface area contributed by atoms with Gasteiger partial charge in [-0.1, -0.05) is 31.7 Å². The molecule has 31 heavy (non-hydrogen) atoms. The lowest BCUT2D eigenvalue weighted by atomic mass is 10.1. The van der Waals surface area contributed by atoms with E-state index in [1.165, 1.54) is 0 Å². The van der Waals surface area contributed by atoms with E-state index in [-0.39, 0.29) is 12.0 Å². The summed E-state index contributed by atoms with van der Waals surface area (Å²) in [5.41, 5.74) is 8.92. The number of rotatable bonds is 11.